The highest BCUT2D eigenvalue weighted by molar-refractivity contribution is 5.69. The van der Waals surface area contributed by atoms with Crippen LogP contribution in [0.4, 0.5) is 0 Å². The Bertz CT molecular complexity index is 658. The van der Waals surface area contributed by atoms with Crippen LogP contribution in [0.25, 0.3) is 0 Å². The van der Waals surface area contributed by atoms with Gasteiger partial charge in [0.2, 0.25) is 0 Å². The summed E-state index contributed by atoms with van der Waals surface area (Å²) in [5, 5.41) is 8.82. The molecule has 4 nitrogen and oxygen atoms in total. The van der Waals surface area contributed by atoms with Gasteiger partial charge in [-0.1, -0.05) is 174 Å². The van der Waals surface area contributed by atoms with Crippen LogP contribution in [0, 0.1) is 0 Å². The fourth-order valence-electron chi connectivity index (χ4n) is 6.42. The van der Waals surface area contributed by atoms with Crippen LogP contribution in [0.2, 0.25) is 0 Å². The third-order valence-electron chi connectivity index (χ3n) is 9.49. The minimum absolute atomic E-state index is 0.00121. The standard InChI is InChI=1S/C42H80O4/c1-3-5-7-9-11-13-15-17-18-19-20-22-24-26-31-35-39-42(45)46-40(37-33-29-27-30-34-38-41(43)44)36-32-28-25-23-21-16-14-12-10-8-6-4-2/h18-19,40H,3-17,20-39H2,1-2H3,(H,43,44)/b19-18-. The van der Waals surface area contributed by atoms with E-state index in [1.807, 2.05) is 0 Å². The highest BCUT2D eigenvalue weighted by Gasteiger charge is 2.14. The number of allylic oxidation sites excluding steroid dienone is 2. The summed E-state index contributed by atoms with van der Waals surface area (Å²) in [7, 11) is 0. The van der Waals surface area contributed by atoms with E-state index in [1.54, 1.807) is 0 Å². The largest absolute Gasteiger partial charge is 0.481 e. The van der Waals surface area contributed by atoms with Crippen LogP contribution in [0.3, 0.4) is 0 Å². The number of rotatable bonds is 38. The Morgan fingerprint density at radius 1 is 0.457 bits per heavy atom. The van der Waals surface area contributed by atoms with Crippen molar-refractivity contribution in [1.82, 2.24) is 0 Å². The molecule has 0 amide bonds. The highest BCUT2D eigenvalue weighted by Crippen LogP contribution is 2.19. The number of ether oxygens (including phenoxy) is 1. The van der Waals surface area contributed by atoms with E-state index in [9.17, 15) is 9.59 Å². The zero-order valence-electron chi connectivity index (χ0n) is 31.2. The second kappa shape index (κ2) is 38.1. The molecule has 4 heteroatoms. The molecule has 0 aromatic carbocycles. The first-order valence-electron chi connectivity index (χ1n) is 20.7. The molecule has 272 valence electrons. The minimum atomic E-state index is -0.698. The van der Waals surface area contributed by atoms with Gasteiger partial charge >= 0.3 is 11.9 Å². The van der Waals surface area contributed by atoms with Gasteiger partial charge in [0.15, 0.2) is 0 Å². The smallest absolute Gasteiger partial charge is 0.306 e. The highest BCUT2D eigenvalue weighted by atomic mass is 16.5. The lowest BCUT2D eigenvalue weighted by molar-refractivity contribution is -0.150. The Hall–Kier alpha value is -1.32. The molecule has 0 aromatic rings. The van der Waals surface area contributed by atoms with Crippen LogP contribution in [0.1, 0.15) is 239 Å². The summed E-state index contributed by atoms with van der Waals surface area (Å²) >= 11 is 0. The molecule has 0 rings (SSSR count). The van der Waals surface area contributed by atoms with Crippen LogP contribution in [-0.2, 0) is 14.3 Å². The van der Waals surface area contributed by atoms with E-state index in [4.69, 9.17) is 9.84 Å². The van der Waals surface area contributed by atoms with Gasteiger partial charge in [0.1, 0.15) is 6.10 Å². The summed E-state index contributed by atoms with van der Waals surface area (Å²) in [6, 6.07) is 0. The van der Waals surface area contributed by atoms with Crippen LogP contribution in [0.5, 0.6) is 0 Å². The molecule has 0 fully saturated rings. The number of esters is 1. The molecule has 0 aromatic heterocycles. The molecule has 0 bridgehead atoms. The van der Waals surface area contributed by atoms with Crippen molar-refractivity contribution in [2.75, 3.05) is 0 Å². The van der Waals surface area contributed by atoms with Gasteiger partial charge in [0, 0.05) is 12.8 Å². The Labute approximate surface area is 287 Å². The van der Waals surface area contributed by atoms with Crippen LogP contribution < -0.4 is 0 Å². The lowest BCUT2D eigenvalue weighted by Crippen LogP contribution is -2.18. The van der Waals surface area contributed by atoms with Crippen LogP contribution >= 0.6 is 0 Å². The van der Waals surface area contributed by atoms with Crippen molar-refractivity contribution in [2.24, 2.45) is 0 Å². The van der Waals surface area contributed by atoms with E-state index < -0.39 is 5.97 Å². The quantitative estimate of drug-likeness (QED) is 0.0411. The lowest BCUT2D eigenvalue weighted by Gasteiger charge is -2.18. The van der Waals surface area contributed by atoms with Crippen molar-refractivity contribution in [2.45, 2.75) is 245 Å². The first-order chi connectivity index (χ1) is 22.6. The van der Waals surface area contributed by atoms with E-state index in [1.165, 1.54) is 148 Å². The predicted octanol–water partition coefficient (Wildman–Crippen LogP) is 14.2. The second-order valence-electron chi connectivity index (χ2n) is 14.2. The molecule has 46 heavy (non-hydrogen) atoms. The zero-order valence-corrected chi connectivity index (χ0v) is 31.2. The maximum atomic E-state index is 12.7. The number of unbranched alkanes of at least 4 members (excludes halogenated alkanes) is 27. The van der Waals surface area contributed by atoms with Crippen molar-refractivity contribution >= 4 is 11.9 Å². The molecule has 1 unspecified atom stereocenters. The summed E-state index contributed by atoms with van der Waals surface area (Å²) < 4.78 is 6.01. The molecule has 0 radical (unpaired) electrons. The number of carboxylic acid groups (broad SMARTS) is 1. The normalized spacial score (nSPS) is 12.2. The summed E-state index contributed by atoms with van der Waals surface area (Å²) in [6.07, 6.45) is 46.6. The van der Waals surface area contributed by atoms with E-state index in [0.29, 0.717) is 6.42 Å². The first kappa shape index (κ1) is 44.7. The van der Waals surface area contributed by atoms with E-state index >= 15 is 0 Å². The number of hydrogen-bond acceptors (Lipinski definition) is 3. The Balaban J connectivity index is 4.00. The van der Waals surface area contributed by atoms with Crippen molar-refractivity contribution < 1.29 is 19.4 Å². The molecule has 1 N–H and O–H groups in total. The number of carboxylic acids is 1. The predicted molar refractivity (Wildman–Crippen MR) is 200 cm³/mol. The number of hydrogen-bond donors (Lipinski definition) is 1. The van der Waals surface area contributed by atoms with Crippen molar-refractivity contribution in [3.8, 4) is 0 Å². The van der Waals surface area contributed by atoms with Gasteiger partial charge in [0.05, 0.1) is 0 Å². The summed E-state index contributed by atoms with van der Waals surface area (Å²) in [6.45, 7) is 4.56. The van der Waals surface area contributed by atoms with Gasteiger partial charge in [-0.15, -0.1) is 0 Å². The van der Waals surface area contributed by atoms with E-state index in [0.717, 1.165) is 64.2 Å². The SMILES string of the molecule is CCCCCCCCC/C=C\CCCCCCCC(=O)OC(CCCCCCCCCCCCCC)CCCCCCCC(=O)O. The third kappa shape index (κ3) is 37.1. The molecular weight excluding hydrogens is 568 g/mol. The maximum absolute atomic E-state index is 12.7. The molecule has 0 spiro atoms. The lowest BCUT2D eigenvalue weighted by atomic mass is 10.0. The zero-order chi connectivity index (χ0) is 33.6. The topological polar surface area (TPSA) is 63.6 Å². The average Bonchev–Trinajstić information content (AvgIpc) is 3.04. The maximum Gasteiger partial charge on any atom is 0.306 e. The van der Waals surface area contributed by atoms with Gasteiger partial charge in [-0.3, -0.25) is 9.59 Å². The fourth-order valence-corrected chi connectivity index (χ4v) is 6.42. The molecule has 0 aliphatic carbocycles. The van der Waals surface area contributed by atoms with Crippen LogP contribution in [0.15, 0.2) is 12.2 Å². The van der Waals surface area contributed by atoms with Gasteiger partial charge in [0.25, 0.3) is 0 Å². The first-order valence-corrected chi connectivity index (χ1v) is 20.7. The van der Waals surface area contributed by atoms with Gasteiger partial charge in [-0.2, -0.15) is 0 Å². The average molecular weight is 649 g/mol. The van der Waals surface area contributed by atoms with E-state index in [-0.39, 0.29) is 18.5 Å². The van der Waals surface area contributed by atoms with Crippen molar-refractivity contribution in [3.63, 3.8) is 0 Å². The molecular formula is C42H80O4. The van der Waals surface area contributed by atoms with Crippen molar-refractivity contribution in [3.05, 3.63) is 12.2 Å². The van der Waals surface area contributed by atoms with Crippen LogP contribution in [-0.4, -0.2) is 23.1 Å². The molecule has 0 aliphatic heterocycles. The Morgan fingerprint density at radius 2 is 0.783 bits per heavy atom. The third-order valence-corrected chi connectivity index (χ3v) is 9.49. The Kier molecular flexibility index (Phi) is 37.0. The minimum Gasteiger partial charge on any atom is -0.481 e. The number of carbonyl (C=O) groups excluding carboxylic acids is 1. The monoisotopic (exact) mass is 649 g/mol. The van der Waals surface area contributed by atoms with Gasteiger partial charge < -0.3 is 9.84 Å². The summed E-state index contributed by atoms with van der Waals surface area (Å²) in [4.78, 5) is 23.4. The fraction of sp³-hybridized carbons (Fsp3) is 0.905. The molecule has 0 heterocycles. The molecule has 0 aliphatic rings. The second-order valence-corrected chi connectivity index (χ2v) is 14.2. The Morgan fingerprint density at radius 3 is 1.17 bits per heavy atom. The van der Waals surface area contributed by atoms with Gasteiger partial charge in [-0.05, 0) is 64.2 Å². The number of aliphatic carboxylic acids is 1. The summed E-state index contributed by atoms with van der Waals surface area (Å²) in [5.74, 6) is -0.699. The summed E-state index contributed by atoms with van der Waals surface area (Å²) in [5.41, 5.74) is 0. The molecule has 1 atom stereocenters. The molecule has 0 saturated heterocycles. The van der Waals surface area contributed by atoms with Crippen molar-refractivity contribution in [1.29, 1.82) is 0 Å². The molecule has 0 saturated carbocycles. The van der Waals surface area contributed by atoms with E-state index in [2.05, 4.69) is 26.0 Å². The van der Waals surface area contributed by atoms with Gasteiger partial charge in [-0.25, -0.2) is 0 Å². The number of carbonyl (C=O) groups is 2.